The molecule has 1 unspecified atom stereocenters. The maximum Gasteiger partial charge on any atom is -0.00484 e. The first kappa shape index (κ1) is 15.4. The Bertz CT molecular complexity index is 196. The highest BCUT2D eigenvalue weighted by Gasteiger charge is 2.07. The second-order valence-electron chi connectivity index (χ2n) is 5.18. The fraction of sp³-hybridized carbons (Fsp3) is 0.733. The highest BCUT2D eigenvalue weighted by Crippen LogP contribution is 2.21. The molecule has 2 N–H and O–H groups in total. The zero-order valence-electron chi connectivity index (χ0n) is 11.2. The van der Waals surface area contributed by atoms with E-state index in [2.05, 4.69) is 27.0 Å². The van der Waals surface area contributed by atoms with Crippen molar-refractivity contribution in [3.05, 3.63) is 24.8 Å². The molecule has 0 heterocycles. The van der Waals surface area contributed by atoms with E-state index < -0.39 is 0 Å². The minimum absolute atomic E-state index is 0.584. The molecule has 0 fully saturated rings. The molecule has 0 aliphatic rings. The van der Waals surface area contributed by atoms with Crippen LogP contribution in [-0.2, 0) is 0 Å². The van der Waals surface area contributed by atoms with Crippen LogP contribution in [0.5, 0.6) is 0 Å². The van der Waals surface area contributed by atoms with Gasteiger partial charge in [-0.25, -0.2) is 0 Å². The van der Waals surface area contributed by atoms with Gasteiger partial charge in [-0.05, 0) is 44.1 Å². The van der Waals surface area contributed by atoms with E-state index in [1.165, 1.54) is 31.3 Å². The van der Waals surface area contributed by atoms with Gasteiger partial charge < -0.3 is 5.73 Å². The predicted octanol–water partition coefficient (Wildman–Crippen LogP) is 4.30. The van der Waals surface area contributed by atoms with Crippen molar-refractivity contribution in [2.45, 2.75) is 52.4 Å². The monoisotopic (exact) mass is 223 g/mol. The van der Waals surface area contributed by atoms with Gasteiger partial charge in [0.15, 0.2) is 0 Å². The molecule has 0 rings (SSSR count). The van der Waals surface area contributed by atoms with E-state index in [0.29, 0.717) is 5.92 Å². The van der Waals surface area contributed by atoms with Crippen molar-refractivity contribution in [2.24, 2.45) is 17.6 Å². The lowest BCUT2D eigenvalue weighted by Crippen LogP contribution is -2.11. The molecule has 1 nitrogen and oxygen atoms in total. The third-order valence-electron chi connectivity index (χ3n) is 3.03. The lowest BCUT2D eigenvalue weighted by atomic mass is 9.91. The van der Waals surface area contributed by atoms with Crippen molar-refractivity contribution in [3.63, 3.8) is 0 Å². The Morgan fingerprint density at radius 1 is 1.19 bits per heavy atom. The second-order valence-corrected chi connectivity index (χ2v) is 5.18. The first-order valence-corrected chi connectivity index (χ1v) is 6.57. The Kier molecular flexibility index (Phi) is 9.31. The Hall–Kier alpha value is -0.560. The molecule has 0 aromatic carbocycles. The summed E-state index contributed by atoms with van der Waals surface area (Å²) < 4.78 is 0. The maximum absolute atomic E-state index is 5.61. The maximum atomic E-state index is 5.61. The molecule has 2 atom stereocenters. The molecule has 0 aromatic rings. The van der Waals surface area contributed by atoms with Gasteiger partial charge in [0.05, 0.1) is 0 Å². The smallest absolute Gasteiger partial charge is 0.00484 e. The molecular formula is C15H29N. The van der Waals surface area contributed by atoms with E-state index in [4.69, 9.17) is 5.73 Å². The highest BCUT2D eigenvalue weighted by molar-refractivity contribution is 4.96. The Morgan fingerprint density at radius 3 is 2.38 bits per heavy atom. The number of allylic oxidation sites excluding steroid dienone is 2. The first-order valence-electron chi connectivity index (χ1n) is 6.57. The van der Waals surface area contributed by atoms with Gasteiger partial charge in [0.25, 0.3) is 0 Å². The average Bonchev–Trinajstić information content (AvgIpc) is 2.24. The molecule has 94 valence electrons. The van der Waals surface area contributed by atoms with Crippen LogP contribution in [0.3, 0.4) is 0 Å². The number of unbranched alkanes of at least 4 members (excludes halogenated alkanes) is 2. The third kappa shape index (κ3) is 8.72. The van der Waals surface area contributed by atoms with Crippen molar-refractivity contribution in [1.82, 2.24) is 0 Å². The molecule has 16 heavy (non-hydrogen) atoms. The number of nitrogens with two attached hydrogens (primary N) is 1. The molecular weight excluding hydrogens is 194 g/mol. The zero-order valence-corrected chi connectivity index (χ0v) is 11.2. The highest BCUT2D eigenvalue weighted by atomic mass is 14.5. The van der Waals surface area contributed by atoms with Gasteiger partial charge in [0.1, 0.15) is 0 Å². The first-order chi connectivity index (χ1) is 7.60. The summed E-state index contributed by atoms with van der Waals surface area (Å²) in [5.74, 6) is 1.35. The van der Waals surface area contributed by atoms with Crippen LogP contribution in [0.2, 0.25) is 0 Å². The summed E-state index contributed by atoms with van der Waals surface area (Å²) in [5, 5.41) is 0. The van der Waals surface area contributed by atoms with Crippen LogP contribution in [0.25, 0.3) is 0 Å². The van der Waals surface area contributed by atoms with Crippen molar-refractivity contribution in [1.29, 1.82) is 0 Å². The van der Waals surface area contributed by atoms with E-state index in [0.717, 1.165) is 25.3 Å². The molecule has 0 spiro atoms. The number of hydrogen-bond acceptors (Lipinski definition) is 1. The standard InChI is InChI=1S/C15H29N/c1-5-6-7-8-9-13(2)10-14(3)11-15(4)12-16/h5,13,15H,1,3,6-12,16H2,2,4H3/t13-,15?/m1/s1. The topological polar surface area (TPSA) is 26.0 Å². The van der Waals surface area contributed by atoms with Crippen LogP contribution < -0.4 is 5.73 Å². The summed E-state index contributed by atoms with van der Waals surface area (Å²) in [5.41, 5.74) is 6.98. The van der Waals surface area contributed by atoms with Crippen molar-refractivity contribution >= 4 is 0 Å². The van der Waals surface area contributed by atoms with Gasteiger partial charge in [0, 0.05) is 0 Å². The Balaban J connectivity index is 3.57. The van der Waals surface area contributed by atoms with E-state index in [9.17, 15) is 0 Å². The van der Waals surface area contributed by atoms with Crippen molar-refractivity contribution in [3.8, 4) is 0 Å². The molecule has 0 saturated carbocycles. The van der Waals surface area contributed by atoms with Crippen LogP contribution >= 0.6 is 0 Å². The molecule has 0 radical (unpaired) electrons. The predicted molar refractivity (Wildman–Crippen MR) is 74.4 cm³/mol. The van der Waals surface area contributed by atoms with Crippen LogP contribution in [-0.4, -0.2) is 6.54 Å². The van der Waals surface area contributed by atoms with E-state index in [1.54, 1.807) is 0 Å². The molecule has 1 heteroatoms. The summed E-state index contributed by atoms with van der Waals surface area (Å²) in [6.07, 6.45) is 9.31. The Morgan fingerprint density at radius 2 is 1.81 bits per heavy atom. The molecule has 0 aliphatic heterocycles. The minimum Gasteiger partial charge on any atom is -0.330 e. The van der Waals surface area contributed by atoms with E-state index in [1.807, 2.05) is 6.08 Å². The van der Waals surface area contributed by atoms with Crippen LogP contribution in [0.15, 0.2) is 24.8 Å². The van der Waals surface area contributed by atoms with Gasteiger partial charge in [-0.2, -0.15) is 0 Å². The molecule has 0 bridgehead atoms. The van der Waals surface area contributed by atoms with E-state index >= 15 is 0 Å². The molecule has 0 aromatic heterocycles. The lowest BCUT2D eigenvalue weighted by Gasteiger charge is -2.15. The van der Waals surface area contributed by atoms with Crippen molar-refractivity contribution in [2.75, 3.05) is 6.54 Å². The lowest BCUT2D eigenvalue weighted by molar-refractivity contribution is 0.475. The summed E-state index contributed by atoms with van der Waals surface area (Å²) in [6, 6.07) is 0. The second kappa shape index (κ2) is 9.65. The molecule has 0 amide bonds. The van der Waals surface area contributed by atoms with Gasteiger partial charge >= 0.3 is 0 Å². The van der Waals surface area contributed by atoms with Crippen molar-refractivity contribution < 1.29 is 0 Å². The summed E-state index contributed by atoms with van der Waals surface area (Å²) in [4.78, 5) is 0. The van der Waals surface area contributed by atoms with Crippen LogP contribution in [0.1, 0.15) is 52.4 Å². The number of rotatable bonds is 10. The zero-order chi connectivity index (χ0) is 12.4. The van der Waals surface area contributed by atoms with Gasteiger partial charge in [0.2, 0.25) is 0 Å². The molecule has 0 saturated heterocycles. The number of hydrogen-bond donors (Lipinski definition) is 1. The van der Waals surface area contributed by atoms with E-state index in [-0.39, 0.29) is 0 Å². The summed E-state index contributed by atoms with van der Waals surface area (Å²) in [6.45, 7) is 13.2. The fourth-order valence-corrected chi connectivity index (χ4v) is 2.04. The quantitative estimate of drug-likeness (QED) is 0.434. The SMILES string of the molecule is C=CCCCC[C@@H](C)CC(=C)CC(C)CN. The summed E-state index contributed by atoms with van der Waals surface area (Å²) in [7, 11) is 0. The average molecular weight is 223 g/mol. The fourth-order valence-electron chi connectivity index (χ4n) is 2.04. The molecule has 0 aliphatic carbocycles. The largest absolute Gasteiger partial charge is 0.330 e. The van der Waals surface area contributed by atoms with Crippen LogP contribution in [0, 0.1) is 11.8 Å². The van der Waals surface area contributed by atoms with Gasteiger partial charge in [-0.15, -0.1) is 6.58 Å². The third-order valence-corrected chi connectivity index (χ3v) is 3.03. The van der Waals surface area contributed by atoms with Crippen LogP contribution in [0.4, 0.5) is 0 Å². The minimum atomic E-state index is 0.584. The summed E-state index contributed by atoms with van der Waals surface area (Å²) >= 11 is 0. The normalized spacial score (nSPS) is 14.4. The van der Waals surface area contributed by atoms with Gasteiger partial charge in [-0.1, -0.05) is 44.9 Å². The Labute approximate surface area is 102 Å². The van der Waals surface area contributed by atoms with Gasteiger partial charge in [-0.3, -0.25) is 0 Å².